The molecule has 30 heavy (non-hydrogen) atoms. The third-order valence-electron chi connectivity index (χ3n) is 6.20. The summed E-state index contributed by atoms with van der Waals surface area (Å²) in [6.45, 7) is 6.52. The van der Waals surface area contributed by atoms with Crippen molar-refractivity contribution in [3.8, 4) is 5.69 Å². The van der Waals surface area contributed by atoms with Gasteiger partial charge in [-0.2, -0.15) is 0 Å². The van der Waals surface area contributed by atoms with Gasteiger partial charge in [-0.05, 0) is 68.3 Å². The first kappa shape index (κ1) is 19.4. The number of nitrogens with zero attached hydrogens (tertiary/aromatic N) is 4. The van der Waals surface area contributed by atoms with Crippen LogP contribution in [0.2, 0.25) is 0 Å². The van der Waals surface area contributed by atoms with E-state index in [4.69, 9.17) is 4.99 Å². The summed E-state index contributed by atoms with van der Waals surface area (Å²) < 4.78 is 15.7. The van der Waals surface area contributed by atoms with E-state index in [0.29, 0.717) is 6.04 Å². The molecule has 1 aromatic carbocycles. The van der Waals surface area contributed by atoms with Gasteiger partial charge in [0.1, 0.15) is 11.9 Å². The van der Waals surface area contributed by atoms with Crippen LogP contribution < -0.4 is 0 Å². The molecule has 2 aliphatic rings. The van der Waals surface area contributed by atoms with Gasteiger partial charge in [0, 0.05) is 35.1 Å². The third kappa shape index (κ3) is 3.05. The molecule has 3 atom stereocenters. The van der Waals surface area contributed by atoms with Gasteiger partial charge in [0.2, 0.25) is 0 Å². The fourth-order valence-electron chi connectivity index (χ4n) is 4.76. The van der Waals surface area contributed by atoms with Gasteiger partial charge in [-0.1, -0.05) is 24.8 Å². The first-order valence-corrected chi connectivity index (χ1v) is 11.4. The molecular weight excluding hydrogens is 395 g/mol. The number of benzene rings is 1. The SMILES string of the molecule is CC[C@H]1CSC2=N[C@H](c3ccccn3)[C@@H](c3cc(C)n(-c4ccc(F)cc4)c3C)N21. The molecule has 0 bridgehead atoms. The van der Waals surface area contributed by atoms with E-state index in [1.54, 1.807) is 0 Å². The maximum Gasteiger partial charge on any atom is 0.160 e. The quantitative estimate of drug-likeness (QED) is 0.550. The monoisotopic (exact) mass is 420 g/mol. The number of pyridine rings is 1. The molecule has 1 fully saturated rings. The van der Waals surface area contributed by atoms with Gasteiger partial charge >= 0.3 is 0 Å². The zero-order valence-corrected chi connectivity index (χ0v) is 18.2. The zero-order valence-electron chi connectivity index (χ0n) is 17.4. The van der Waals surface area contributed by atoms with Gasteiger partial charge in [0.25, 0.3) is 0 Å². The molecule has 4 nitrogen and oxygen atoms in total. The summed E-state index contributed by atoms with van der Waals surface area (Å²) in [5.41, 5.74) is 5.57. The van der Waals surface area contributed by atoms with Crippen molar-refractivity contribution in [2.24, 2.45) is 4.99 Å². The Morgan fingerprint density at radius 2 is 1.93 bits per heavy atom. The predicted octanol–water partition coefficient (Wildman–Crippen LogP) is 5.61. The number of aromatic nitrogens is 2. The van der Waals surface area contributed by atoms with Crippen molar-refractivity contribution in [2.45, 2.75) is 45.3 Å². The molecule has 0 aliphatic carbocycles. The highest BCUT2D eigenvalue weighted by molar-refractivity contribution is 8.14. The average Bonchev–Trinajstić information content (AvgIpc) is 3.41. The second-order valence-corrected chi connectivity index (χ2v) is 8.96. The number of fused-ring (bicyclic) bond motifs is 1. The number of aliphatic imine (C=N–C) groups is 1. The minimum Gasteiger partial charge on any atom is -0.338 e. The highest BCUT2D eigenvalue weighted by atomic mass is 32.2. The molecule has 3 aromatic rings. The number of hydrogen-bond donors (Lipinski definition) is 0. The Kier molecular flexibility index (Phi) is 4.89. The van der Waals surface area contributed by atoms with Crippen LogP contribution >= 0.6 is 11.8 Å². The van der Waals surface area contributed by atoms with Crippen LogP contribution in [0.15, 0.2) is 59.7 Å². The summed E-state index contributed by atoms with van der Waals surface area (Å²) in [5.74, 6) is 0.864. The largest absolute Gasteiger partial charge is 0.338 e. The molecule has 5 rings (SSSR count). The Morgan fingerprint density at radius 3 is 2.63 bits per heavy atom. The van der Waals surface area contributed by atoms with Gasteiger partial charge in [-0.15, -0.1) is 0 Å². The summed E-state index contributed by atoms with van der Waals surface area (Å²) in [4.78, 5) is 12.3. The topological polar surface area (TPSA) is 33.4 Å². The van der Waals surface area contributed by atoms with Crippen LogP contribution in [0.1, 0.15) is 48.1 Å². The normalized spacial score (nSPS) is 23.0. The molecule has 4 heterocycles. The predicted molar refractivity (Wildman–Crippen MR) is 121 cm³/mol. The summed E-state index contributed by atoms with van der Waals surface area (Å²) in [6, 6.07) is 15.6. The molecule has 0 amide bonds. The zero-order chi connectivity index (χ0) is 20.8. The number of aryl methyl sites for hydroxylation is 1. The Labute approximate surface area is 180 Å². The number of amidine groups is 1. The van der Waals surface area contributed by atoms with Crippen molar-refractivity contribution in [3.63, 3.8) is 0 Å². The summed E-state index contributed by atoms with van der Waals surface area (Å²) in [6.07, 6.45) is 2.94. The van der Waals surface area contributed by atoms with E-state index in [1.807, 2.05) is 42.2 Å². The number of rotatable bonds is 4. The van der Waals surface area contributed by atoms with Crippen LogP contribution in [-0.4, -0.2) is 31.4 Å². The minimum atomic E-state index is -0.217. The Balaban J connectivity index is 1.63. The smallest absolute Gasteiger partial charge is 0.160 e. The minimum absolute atomic E-state index is 0.0229. The highest BCUT2D eigenvalue weighted by Gasteiger charge is 2.46. The maximum atomic E-state index is 13.5. The van der Waals surface area contributed by atoms with E-state index >= 15 is 0 Å². The number of hydrogen-bond acceptors (Lipinski definition) is 4. The molecular formula is C24H25FN4S. The van der Waals surface area contributed by atoms with Gasteiger partial charge in [-0.3, -0.25) is 9.98 Å². The second-order valence-electron chi connectivity index (χ2n) is 7.97. The van der Waals surface area contributed by atoms with Crippen LogP contribution in [0.25, 0.3) is 5.69 Å². The molecule has 154 valence electrons. The van der Waals surface area contributed by atoms with E-state index in [-0.39, 0.29) is 17.9 Å². The molecule has 6 heteroatoms. The molecule has 0 saturated carbocycles. The molecule has 0 N–H and O–H groups in total. The van der Waals surface area contributed by atoms with Crippen molar-refractivity contribution in [3.05, 3.63) is 83.2 Å². The Morgan fingerprint density at radius 1 is 1.13 bits per heavy atom. The van der Waals surface area contributed by atoms with Crippen LogP contribution in [0.3, 0.4) is 0 Å². The molecule has 0 unspecified atom stereocenters. The average molecular weight is 421 g/mol. The number of halogens is 1. The first-order valence-electron chi connectivity index (χ1n) is 10.4. The van der Waals surface area contributed by atoms with Crippen LogP contribution in [-0.2, 0) is 0 Å². The fraction of sp³-hybridized carbons (Fsp3) is 0.333. The lowest BCUT2D eigenvalue weighted by molar-refractivity contribution is 0.254. The van der Waals surface area contributed by atoms with Gasteiger partial charge in [0.15, 0.2) is 5.17 Å². The van der Waals surface area contributed by atoms with E-state index < -0.39 is 0 Å². The lowest BCUT2D eigenvalue weighted by Gasteiger charge is -2.32. The first-order chi connectivity index (χ1) is 14.6. The van der Waals surface area contributed by atoms with Gasteiger partial charge in [-0.25, -0.2) is 4.39 Å². The molecule has 2 aliphatic heterocycles. The lowest BCUT2D eigenvalue weighted by Crippen LogP contribution is -2.35. The van der Waals surface area contributed by atoms with Gasteiger partial charge in [0.05, 0.1) is 11.7 Å². The molecule has 1 saturated heterocycles. The van der Waals surface area contributed by atoms with Crippen molar-refractivity contribution in [1.82, 2.24) is 14.5 Å². The lowest BCUT2D eigenvalue weighted by atomic mass is 9.95. The third-order valence-corrected chi connectivity index (χ3v) is 7.33. The van der Waals surface area contributed by atoms with Crippen molar-refractivity contribution >= 4 is 16.9 Å². The summed E-state index contributed by atoms with van der Waals surface area (Å²) >= 11 is 1.86. The molecule has 0 radical (unpaired) electrons. The maximum absolute atomic E-state index is 13.5. The fourth-order valence-corrected chi connectivity index (χ4v) is 6.10. The van der Waals surface area contributed by atoms with E-state index in [2.05, 4.69) is 47.4 Å². The van der Waals surface area contributed by atoms with E-state index in [9.17, 15) is 4.39 Å². The second kappa shape index (κ2) is 7.58. The standard InChI is InChI=1S/C24H25FN4S/c1-4-18-14-30-24-27-22(21-7-5-6-12-26-21)23(29(18)24)20-13-15(2)28(16(20)3)19-10-8-17(25)9-11-19/h5-13,18,22-23H,4,14H2,1-3H3/t18-,22+,23+/m0/s1. The molecule has 0 spiro atoms. The van der Waals surface area contributed by atoms with E-state index in [1.165, 1.54) is 23.4 Å². The molecule has 2 aromatic heterocycles. The van der Waals surface area contributed by atoms with Crippen molar-refractivity contribution in [2.75, 3.05) is 5.75 Å². The Hall–Kier alpha value is -2.60. The van der Waals surface area contributed by atoms with Crippen molar-refractivity contribution in [1.29, 1.82) is 0 Å². The van der Waals surface area contributed by atoms with Crippen molar-refractivity contribution < 1.29 is 4.39 Å². The van der Waals surface area contributed by atoms with Gasteiger partial charge < -0.3 is 9.47 Å². The highest BCUT2D eigenvalue weighted by Crippen LogP contribution is 2.49. The Bertz CT molecular complexity index is 1090. The summed E-state index contributed by atoms with van der Waals surface area (Å²) in [7, 11) is 0. The van der Waals surface area contributed by atoms with Crippen LogP contribution in [0.4, 0.5) is 4.39 Å². The van der Waals surface area contributed by atoms with Crippen LogP contribution in [0, 0.1) is 19.7 Å². The summed E-state index contributed by atoms with van der Waals surface area (Å²) in [5, 5.41) is 1.13. The van der Waals surface area contributed by atoms with Crippen LogP contribution in [0.5, 0.6) is 0 Å². The van der Waals surface area contributed by atoms with E-state index in [0.717, 1.165) is 34.4 Å². The number of thioether (sulfide) groups is 1.